The van der Waals surface area contributed by atoms with Crippen LogP contribution in [0.1, 0.15) is 78.6 Å². The van der Waals surface area contributed by atoms with Crippen molar-refractivity contribution in [2.45, 2.75) is 78.6 Å². The van der Waals surface area contributed by atoms with Crippen LogP contribution in [0.5, 0.6) is 0 Å². The number of carboxylic acid groups (broad SMARTS) is 1. The molecule has 5 N–H and O–H groups in total. The predicted molar refractivity (Wildman–Crippen MR) is 97.8 cm³/mol. The fraction of sp³-hybridized carbons (Fsp3) is 0.889. The number of aliphatic hydroxyl groups is 1. The topological polar surface area (TPSA) is 113 Å². The number of carbonyl (C=O) groups is 2. The second-order valence-corrected chi connectivity index (χ2v) is 7.19. The lowest BCUT2D eigenvalue weighted by molar-refractivity contribution is -0.137. The maximum Gasteiger partial charge on any atom is 0.303 e. The van der Waals surface area contributed by atoms with E-state index in [1.54, 1.807) is 0 Å². The van der Waals surface area contributed by atoms with Crippen LogP contribution in [0.4, 0.5) is 0 Å². The number of carboxylic acids is 1. The van der Waals surface area contributed by atoms with Crippen LogP contribution in [-0.4, -0.2) is 41.8 Å². The van der Waals surface area contributed by atoms with E-state index in [1.807, 2.05) is 0 Å². The molecule has 0 unspecified atom stereocenters. The number of hydrogen-bond acceptors (Lipinski definition) is 4. The van der Waals surface area contributed by atoms with Crippen LogP contribution in [0.15, 0.2) is 0 Å². The first-order chi connectivity index (χ1) is 11.2. The lowest BCUT2D eigenvalue weighted by atomic mass is 9.89. The minimum atomic E-state index is -0.746. The zero-order valence-corrected chi connectivity index (χ0v) is 15.8. The van der Waals surface area contributed by atoms with E-state index in [1.165, 1.54) is 12.8 Å². The molecule has 0 aromatic heterocycles. The molecular formula is C18H38N2O4. The van der Waals surface area contributed by atoms with E-state index in [2.05, 4.69) is 26.1 Å². The Labute approximate surface area is 147 Å². The minimum absolute atomic E-state index is 0.0972. The lowest BCUT2D eigenvalue weighted by Crippen LogP contribution is -2.24. The average Bonchev–Trinajstić information content (AvgIpc) is 2.49. The minimum Gasteiger partial charge on any atom is -0.481 e. The fourth-order valence-electron chi connectivity index (χ4n) is 2.01. The Morgan fingerprint density at radius 1 is 0.958 bits per heavy atom. The Morgan fingerprint density at radius 3 is 2.00 bits per heavy atom. The Hall–Kier alpha value is -1.14. The van der Waals surface area contributed by atoms with Gasteiger partial charge in [-0.2, -0.15) is 0 Å². The second-order valence-electron chi connectivity index (χ2n) is 7.19. The molecule has 0 fully saturated rings. The fourth-order valence-corrected chi connectivity index (χ4v) is 2.01. The predicted octanol–water partition coefficient (Wildman–Crippen LogP) is 2.68. The van der Waals surface area contributed by atoms with Gasteiger partial charge in [-0.1, -0.05) is 40.0 Å². The Balaban J connectivity index is 0. The van der Waals surface area contributed by atoms with Crippen LogP contribution in [0.3, 0.4) is 0 Å². The van der Waals surface area contributed by atoms with E-state index in [4.69, 9.17) is 15.9 Å². The zero-order chi connectivity index (χ0) is 18.8. The third-order valence-corrected chi connectivity index (χ3v) is 3.35. The molecule has 0 aliphatic carbocycles. The van der Waals surface area contributed by atoms with E-state index in [-0.39, 0.29) is 18.9 Å². The summed E-state index contributed by atoms with van der Waals surface area (Å²) in [4.78, 5) is 21.8. The van der Waals surface area contributed by atoms with Gasteiger partial charge in [0.2, 0.25) is 5.91 Å². The van der Waals surface area contributed by atoms with Gasteiger partial charge < -0.3 is 21.3 Å². The van der Waals surface area contributed by atoms with Crippen LogP contribution < -0.4 is 11.1 Å². The van der Waals surface area contributed by atoms with Gasteiger partial charge in [-0.25, -0.2) is 0 Å². The number of aliphatic carboxylic acids is 1. The quantitative estimate of drug-likeness (QED) is 0.406. The number of nitrogens with two attached hydrogens (primary N) is 1. The van der Waals surface area contributed by atoms with Gasteiger partial charge in [0.05, 0.1) is 6.61 Å². The van der Waals surface area contributed by atoms with Gasteiger partial charge >= 0.3 is 5.97 Å². The number of amides is 1. The molecule has 0 atom stereocenters. The van der Waals surface area contributed by atoms with Gasteiger partial charge in [-0.05, 0) is 31.1 Å². The highest BCUT2D eigenvalue weighted by molar-refractivity contribution is 5.75. The molecule has 24 heavy (non-hydrogen) atoms. The van der Waals surface area contributed by atoms with Gasteiger partial charge in [-0.3, -0.25) is 9.59 Å². The standard InChI is InChI=1S/C16H31NO3.C2H7NO/c1-16(2,3)12-8-4-6-10-14(18)17-13-9-5-7-11-15(19)20;3-1-2-4/h4-13H2,1-3H3,(H,17,18)(H,19,20);4H,1-3H2. The summed E-state index contributed by atoms with van der Waals surface area (Å²) in [6, 6.07) is 0. The van der Waals surface area contributed by atoms with Crippen molar-refractivity contribution in [3.05, 3.63) is 0 Å². The van der Waals surface area contributed by atoms with Gasteiger partial charge in [0.15, 0.2) is 0 Å². The maximum atomic E-state index is 11.5. The first-order valence-electron chi connectivity index (χ1n) is 9.02. The van der Waals surface area contributed by atoms with Crippen LogP contribution in [0.2, 0.25) is 0 Å². The lowest BCUT2D eigenvalue weighted by Gasteiger charge is -2.17. The van der Waals surface area contributed by atoms with Crippen molar-refractivity contribution in [1.29, 1.82) is 0 Å². The molecule has 0 rings (SSSR count). The molecule has 0 spiro atoms. The first kappa shape index (κ1) is 25.1. The largest absolute Gasteiger partial charge is 0.481 e. The number of nitrogens with one attached hydrogen (secondary N) is 1. The number of unbranched alkanes of at least 4 members (excludes halogenated alkanes) is 4. The highest BCUT2D eigenvalue weighted by Crippen LogP contribution is 2.22. The SMILES string of the molecule is CC(C)(C)CCCCCC(=O)NCCCCCC(=O)O.NCCO. The van der Waals surface area contributed by atoms with E-state index >= 15 is 0 Å². The van der Waals surface area contributed by atoms with Crippen molar-refractivity contribution in [2.75, 3.05) is 19.7 Å². The molecule has 1 amide bonds. The zero-order valence-electron chi connectivity index (χ0n) is 15.8. The van der Waals surface area contributed by atoms with Crippen molar-refractivity contribution in [3.63, 3.8) is 0 Å². The van der Waals surface area contributed by atoms with Gasteiger partial charge in [0.1, 0.15) is 0 Å². The van der Waals surface area contributed by atoms with E-state index in [0.717, 1.165) is 25.7 Å². The maximum absolute atomic E-state index is 11.5. The number of rotatable bonds is 12. The smallest absolute Gasteiger partial charge is 0.303 e. The van der Waals surface area contributed by atoms with Crippen molar-refractivity contribution < 1.29 is 19.8 Å². The van der Waals surface area contributed by atoms with E-state index in [0.29, 0.717) is 31.3 Å². The van der Waals surface area contributed by atoms with Gasteiger partial charge in [-0.15, -0.1) is 0 Å². The molecule has 0 saturated heterocycles. The molecule has 0 bridgehead atoms. The summed E-state index contributed by atoms with van der Waals surface area (Å²) in [7, 11) is 0. The summed E-state index contributed by atoms with van der Waals surface area (Å²) in [5.41, 5.74) is 5.16. The van der Waals surface area contributed by atoms with Gasteiger partial charge in [0.25, 0.3) is 0 Å². The summed E-state index contributed by atoms with van der Waals surface area (Å²) >= 11 is 0. The highest BCUT2D eigenvalue weighted by Gasteiger charge is 2.09. The molecule has 6 heteroatoms. The van der Waals surface area contributed by atoms with Crippen LogP contribution in [0.25, 0.3) is 0 Å². The van der Waals surface area contributed by atoms with Crippen molar-refractivity contribution >= 4 is 11.9 Å². The number of aliphatic hydroxyl groups excluding tert-OH is 1. The summed E-state index contributed by atoms with van der Waals surface area (Å²) in [6.07, 6.45) is 7.72. The Morgan fingerprint density at radius 2 is 1.50 bits per heavy atom. The molecule has 6 nitrogen and oxygen atoms in total. The average molecular weight is 347 g/mol. The van der Waals surface area contributed by atoms with E-state index < -0.39 is 5.97 Å². The van der Waals surface area contributed by atoms with Crippen molar-refractivity contribution in [2.24, 2.45) is 11.1 Å². The van der Waals surface area contributed by atoms with Crippen LogP contribution in [-0.2, 0) is 9.59 Å². The molecule has 0 heterocycles. The molecule has 0 radical (unpaired) electrons. The molecule has 0 aromatic carbocycles. The van der Waals surface area contributed by atoms with Crippen molar-refractivity contribution in [1.82, 2.24) is 5.32 Å². The van der Waals surface area contributed by atoms with E-state index in [9.17, 15) is 9.59 Å². The second kappa shape index (κ2) is 16.7. The molecule has 0 aliphatic rings. The number of hydrogen-bond donors (Lipinski definition) is 4. The molecule has 0 aromatic rings. The highest BCUT2D eigenvalue weighted by atomic mass is 16.4. The summed E-state index contributed by atoms with van der Waals surface area (Å²) in [6.45, 7) is 7.86. The molecule has 144 valence electrons. The van der Waals surface area contributed by atoms with Crippen LogP contribution >= 0.6 is 0 Å². The molecular weight excluding hydrogens is 308 g/mol. The van der Waals surface area contributed by atoms with Gasteiger partial charge in [0, 0.05) is 25.9 Å². The molecule has 0 saturated carbocycles. The summed E-state index contributed by atoms with van der Waals surface area (Å²) in [5, 5.41) is 19.1. The third-order valence-electron chi connectivity index (χ3n) is 3.35. The molecule has 0 aliphatic heterocycles. The summed E-state index contributed by atoms with van der Waals surface area (Å²) < 4.78 is 0. The Bertz CT molecular complexity index is 313. The summed E-state index contributed by atoms with van der Waals surface area (Å²) in [5.74, 6) is -0.622. The monoisotopic (exact) mass is 346 g/mol. The van der Waals surface area contributed by atoms with Crippen molar-refractivity contribution in [3.8, 4) is 0 Å². The number of carbonyl (C=O) groups excluding carboxylic acids is 1. The first-order valence-corrected chi connectivity index (χ1v) is 9.02. The Kier molecular flexibility index (Phi) is 17.5. The normalized spacial score (nSPS) is 10.7. The third kappa shape index (κ3) is 25.8. The van der Waals surface area contributed by atoms with Crippen LogP contribution in [0, 0.1) is 5.41 Å².